The Hall–Kier alpha value is 0.360. The van der Waals surface area contributed by atoms with Crippen molar-refractivity contribution in [2.75, 3.05) is 13.2 Å². The first kappa shape index (κ1) is 7.47. The molecule has 4 heteroatoms. The molecule has 0 N–H and O–H groups in total. The van der Waals surface area contributed by atoms with Crippen LogP contribution >= 0.6 is 0 Å². The van der Waals surface area contributed by atoms with Crippen LogP contribution in [0.4, 0.5) is 0 Å². The molecule has 9 heavy (non-hydrogen) atoms. The van der Waals surface area contributed by atoms with E-state index in [1.54, 1.807) is 0 Å². The van der Waals surface area contributed by atoms with Crippen molar-refractivity contribution in [3.8, 4) is 0 Å². The van der Waals surface area contributed by atoms with E-state index in [0.717, 1.165) is 19.4 Å². The SMILES string of the molecule is [O-][Br+]OCC1CCCO1. The zero-order valence-electron chi connectivity index (χ0n) is 5.01. The van der Waals surface area contributed by atoms with Gasteiger partial charge in [-0.05, 0) is 12.8 Å². The van der Waals surface area contributed by atoms with Gasteiger partial charge in [0.15, 0.2) is 0 Å². The largest absolute Gasteiger partial charge is 0.550 e. The van der Waals surface area contributed by atoms with Gasteiger partial charge in [-0.15, -0.1) is 3.83 Å². The molecule has 1 fully saturated rings. The van der Waals surface area contributed by atoms with Crippen LogP contribution in [0.5, 0.6) is 0 Å². The summed E-state index contributed by atoms with van der Waals surface area (Å²) in [5.41, 5.74) is 0. The molecule has 54 valence electrons. The van der Waals surface area contributed by atoms with Crippen molar-refractivity contribution in [1.29, 1.82) is 0 Å². The number of hydrogen-bond donors (Lipinski definition) is 0. The third-order valence-electron chi connectivity index (χ3n) is 1.32. The Morgan fingerprint density at radius 2 is 2.67 bits per heavy atom. The highest BCUT2D eigenvalue weighted by molar-refractivity contribution is 4.61. The monoisotopic (exact) mass is 196 g/mol. The van der Waals surface area contributed by atoms with Gasteiger partial charge in [-0.25, -0.2) is 0 Å². The second kappa shape index (κ2) is 4.22. The number of halogens is 1. The first-order valence-corrected chi connectivity index (χ1v) is 4.23. The molecule has 1 atom stereocenters. The highest BCUT2D eigenvalue weighted by Crippen LogP contribution is 2.11. The Morgan fingerprint density at radius 3 is 3.22 bits per heavy atom. The molecule has 1 aliphatic heterocycles. The molecule has 0 aromatic carbocycles. The maximum Gasteiger partial charge on any atom is 0.420 e. The fraction of sp³-hybridized carbons (Fsp3) is 1.00. The minimum atomic E-state index is -0.671. The summed E-state index contributed by atoms with van der Waals surface area (Å²) >= 11 is -0.671. The average molecular weight is 197 g/mol. The summed E-state index contributed by atoms with van der Waals surface area (Å²) in [6.07, 6.45) is 2.36. The van der Waals surface area contributed by atoms with E-state index < -0.39 is 15.5 Å². The molecule has 0 aromatic rings. The van der Waals surface area contributed by atoms with Crippen molar-refractivity contribution in [2.45, 2.75) is 18.9 Å². The highest BCUT2D eigenvalue weighted by atomic mass is 79.9. The van der Waals surface area contributed by atoms with Gasteiger partial charge in [0.1, 0.15) is 6.61 Å². The van der Waals surface area contributed by atoms with Gasteiger partial charge in [-0.3, -0.25) is 0 Å². The van der Waals surface area contributed by atoms with E-state index in [4.69, 9.17) is 4.74 Å². The van der Waals surface area contributed by atoms with Gasteiger partial charge in [0.2, 0.25) is 0 Å². The van der Waals surface area contributed by atoms with Crippen LogP contribution in [0.15, 0.2) is 0 Å². The van der Waals surface area contributed by atoms with Crippen LogP contribution in [0.2, 0.25) is 0 Å². The van der Waals surface area contributed by atoms with Crippen molar-refractivity contribution >= 4 is 0 Å². The predicted octanol–water partition coefficient (Wildman–Crippen LogP) is -0.543. The van der Waals surface area contributed by atoms with Gasteiger partial charge in [-0.2, -0.15) is 0 Å². The molecule has 3 nitrogen and oxygen atoms in total. The summed E-state index contributed by atoms with van der Waals surface area (Å²) in [5, 5.41) is 0. The molecule has 1 heterocycles. The van der Waals surface area contributed by atoms with Gasteiger partial charge in [0.05, 0.1) is 6.10 Å². The number of ether oxygens (including phenoxy) is 1. The zero-order chi connectivity index (χ0) is 6.53. The maximum atomic E-state index is 9.84. The van der Waals surface area contributed by atoms with Gasteiger partial charge in [-0.1, -0.05) is 0 Å². The molecule has 1 unspecified atom stereocenters. The van der Waals surface area contributed by atoms with Gasteiger partial charge in [0, 0.05) is 6.61 Å². The molecule has 0 radical (unpaired) electrons. The van der Waals surface area contributed by atoms with Gasteiger partial charge < -0.3 is 8.93 Å². The normalized spacial score (nSPS) is 27.0. The smallest absolute Gasteiger partial charge is 0.420 e. The first-order chi connectivity index (χ1) is 4.43. The molecular weight excluding hydrogens is 188 g/mol. The molecule has 1 rings (SSSR count). The summed E-state index contributed by atoms with van der Waals surface area (Å²) in [6.45, 7) is 1.32. The summed E-state index contributed by atoms with van der Waals surface area (Å²) in [5.74, 6) is 0. The van der Waals surface area contributed by atoms with Crippen molar-refractivity contribution in [3.05, 3.63) is 0 Å². The third-order valence-corrected chi connectivity index (χ3v) is 1.77. The van der Waals surface area contributed by atoms with Crippen LogP contribution in [0.25, 0.3) is 0 Å². The minimum absolute atomic E-state index is 0.201. The highest BCUT2D eigenvalue weighted by Gasteiger charge is 2.17. The van der Waals surface area contributed by atoms with Crippen molar-refractivity contribution in [2.24, 2.45) is 0 Å². The lowest BCUT2D eigenvalue weighted by Crippen LogP contribution is -2.16. The van der Waals surface area contributed by atoms with Crippen LogP contribution in [0, 0.1) is 15.5 Å². The summed E-state index contributed by atoms with van der Waals surface area (Å²) < 4.78 is 19.7. The fourth-order valence-electron chi connectivity index (χ4n) is 0.872. The lowest BCUT2D eigenvalue weighted by atomic mass is 10.2. The van der Waals surface area contributed by atoms with Crippen molar-refractivity contribution in [3.63, 3.8) is 0 Å². The quantitative estimate of drug-likeness (QED) is 0.609. The Bertz CT molecular complexity index is 72.6. The number of hydrogen-bond acceptors (Lipinski definition) is 3. The Morgan fingerprint density at radius 1 is 1.78 bits per heavy atom. The zero-order valence-corrected chi connectivity index (χ0v) is 6.59. The number of rotatable bonds is 3. The van der Waals surface area contributed by atoms with Crippen LogP contribution in [-0.4, -0.2) is 19.3 Å². The molecule has 0 saturated carbocycles. The van der Waals surface area contributed by atoms with Crippen LogP contribution in [-0.2, 0) is 8.57 Å². The van der Waals surface area contributed by atoms with Crippen molar-refractivity contribution in [1.82, 2.24) is 0 Å². The van der Waals surface area contributed by atoms with E-state index in [1.165, 1.54) is 0 Å². The van der Waals surface area contributed by atoms with E-state index in [1.807, 2.05) is 0 Å². The second-order valence-corrected chi connectivity index (χ2v) is 2.70. The molecule has 0 spiro atoms. The topological polar surface area (TPSA) is 41.5 Å². The summed E-state index contributed by atoms with van der Waals surface area (Å²) in [4.78, 5) is 0. The van der Waals surface area contributed by atoms with Crippen LogP contribution in [0.3, 0.4) is 0 Å². The van der Waals surface area contributed by atoms with E-state index >= 15 is 0 Å². The van der Waals surface area contributed by atoms with E-state index in [2.05, 4.69) is 3.83 Å². The van der Waals surface area contributed by atoms with Crippen molar-refractivity contribution < 1.29 is 28.3 Å². The lowest BCUT2D eigenvalue weighted by molar-refractivity contribution is -1.27. The van der Waals surface area contributed by atoms with E-state index in [9.17, 15) is 4.20 Å². The minimum Gasteiger partial charge on any atom is -0.550 e. The standard InChI is InChI=1S/C5H9BrO3/c7-6-9-4-5-2-1-3-8-5/h5H,1-4H2. The van der Waals surface area contributed by atoms with E-state index in [-0.39, 0.29) is 6.10 Å². The van der Waals surface area contributed by atoms with Crippen LogP contribution in [0.1, 0.15) is 12.8 Å². The summed E-state index contributed by atoms with van der Waals surface area (Å²) in [6, 6.07) is 0. The predicted molar refractivity (Wildman–Crippen MR) is 24.9 cm³/mol. The van der Waals surface area contributed by atoms with Crippen LogP contribution < -0.4 is 4.20 Å². The maximum absolute atomic E-state index is 9.84. The van der Waals surface area contributed by atoms with Gasteiger partial charge >= 0.3 is 15.5 Å². The average Bonchev–Trinajstić information content (AvgIpc) is 2.34. The Kier molecular flexibility index (Phi) is 3.50. The Balaban J connectivity index is 1.98. The molecule has 0 aliphatic carbocycles. The molecule has 0 aromatic heterocycles. The molecule has 1 saturated heterocycles. The fourth-order valence-corrected chi connectivity index (χ4v) is 1.27. The molecular formula is C5H9BrO3. The first-order valence-electron chi connectivity index (χ1n) is 2.94. The summed E-state index contributed by atoms with van der Waals surface area (Å²) in [7, 11) is 0. The second-order valence-electron chi connectivity index (χ2n) is 1.97. The Labute approximate surface area is 61.1 Å². The molecule has 1 aliphatic rings. The van der Waals surface area contributed by atoms with E-state index in [0.29, 0.717) is 6.61 Å². The lowest BCUT2D eigenvalue weighted by Gasteiger charge is -2.01. The van der Waals surface area contributed by atoms with Gasteiger partial charge in [0.25, 0.3) is 0 Å². The third kappa shape index (κ3) is 2.62. The molecule has 0 bridgehead atoms. The molecule has 0 amide bonds.